The Morgan fingerprint density at radius 3 is 2.69 bits per heavy atom. The molecule has 0 aliphatic heterocycles. The van der Waals surface area contributed by atoms with Gasteiger partial charge >= 0.3 is 6.09 Å². The highest BCUT2D eigenvalue weighted by molar-refractivity contribution is 5.83. The van der Waals surface area contributed by atoms with E-state index in [0.29, 0.717) is 12.0 Å². The molecule has 0 saturated heterocycles. The first-order valence-corrected chi connectivity index (χ1v) is 8.62. The van der Waals surface area contributed by atoms with Crippen molar-refractivity contribution in [1.82, 2.24) is 10.3 Å². The highest BCUT2D eigenvalue weighted by Gasteiger charge is 2.22. The lowest BCUT2D eigenvalue weighted by atomic mass is 9.98. The van der Waals surface area contributed by atoms with Crippen LogP contribution in [0.5, 0.6) is 0 Å². The number of rotatable bonds is 4. The molecule has 0 saturated carbocycles. The number of carbonyl (C=O) groups excluding carboxylic acids is 1. The van der Waals surface area contributed by atoms with Crippen molar-refractivity contribution in [3.63, 3.8) is 0 Å². The number of hydrogen-bond acceptors (Lipinski definition) is 2. The molecule has 5 heteroatoms. The van der Waals surface area contributed by atoms with E-state index in [0.717, 1.165) is 16.5 Å². The number of benzene rings is 2. The van der Waals surface area contributed by atoms with E-state index in [-0.39, 0.29) is 5.82 Å². The maximum atomic E-state index is 13.7. The predicted octanol–water partition coefficient (Wildman–Crippen LogP) is 5.12. The number of H-pyrrole nitrogens is 1. The fourth-order valence-electron chi connectivity index (χ4n) is 2.95. The van der Waals surface area contributed by atoms with E-state index in [2.05, 4.69) is 10.3 Å². The molecular formula is C21H23FN2O2. The highest BCUT2D eigenvalue weighted by atomic mass is 19.1. The van der Waals surface area contributed by atoms with Crippen LogP contribution in [0, 0.1) is 5.82 Å². The van der Waals surface area contributed by atoms with E-state index in [1.807, 2.05) is 51.2 Å². The number of fused-ring (bicyclic) bond motifs is 1. The van der Waals surface area contributed by atoms with Gasteiger partial charge in [-0.15, -0.1) is 0 Å². The first kappa shape index (κ1) is 18.0. The summed E-state index contributed by atoms with van der Waals surface area (Å²) in [5.74, 6) is -0.336. The van der Waals surface area contributed by atoms with Crippen LogP contribution in [0.15, 0.2) is 54.7 Å². The van der Waals surface area contributed by atoms with Crippen LogP contribution in [-0.2, 0) is 11.2 Å². The second kappa shape index (κ2) is 7.20. The van der Waals surface area contributed by atoms with Gasteiger partial charge in [-0.05, 0) is 56.5 Å². The lowest BCUT2D eigenvalue weighted by Gasteiger charge is -2.24. The van der Waals surface area contributed by atoms with Crippen molar-refractivity contribution in [3.05, 3.63) is 71.7 Å². The van der Waals surface area contributed by atoms with Gasteiger partial charge in [0.2, 0.25) is 0 Å². The second-order valence-corrected chi connectivity index (χ2v) is 7.32. The molecule has 0 aliphatic carbocycles. The van der Waals surface area contributed by atoms with Gasteiger partial charge in [0.1, 0.15) is 11.4 Å². The molecule has 0 bridgehead atoms. The van der Waals surface area contributed by atoms with Crippen LogP contribution in [0.25, 0.3) is 10.9 Å². The molecule has 1 amide bonds. The number of para-hydroxylation sites is 1. The molecule has 0 fully saturated rings. The van der Waals surface area contributed by atoms with Crippen LogP contribution in [0.3, 0.4) is 0 Å². The standard InChI is InChI=1S/C21H23FN2O2/c1-21(2,3)26-20(25)24-19(14-7-6-8-16(22)11-14)12-15-13-23-18-10-5-4-9-17(15)18/h4-11,13,19,23H,12H2,1-3H3,(H,24,25)/t19-/m1/s1. The van der Waals surface area contributed by atoms with Crippen LogP contribution in [0.4, 0.5) is 9.18 Å². The van der Waals surface area contributed by atoms with Gasteiger partial charge in [-0.1, -0.05) is 30.3 Å². The van der Waals surface area contributed by atoms with E-state index in [9.17, 15) is 9.18 Å². The van der Waals surface area contributed by atoms with Gasteiger partial charge in [0, 0.05) is 17.1 Å². The van der Waals surface area contributed by atoms with Crippen molar-refractivity contribution >= 4 is 17.0 Å². The number of amides is 1. The molecule has 136 valence electrons. The molecule has 1 atom stereocenters. The summed E-state index contributed by atoms with van der Waals surface area (Å²) in [7, 11) is 0. The van der Waals surface area contributed by atoms with Gasteiger partial charge in [0.05, 0.1) is 6.04 Å². The van der Waals surface area contributed by atoms with E-state index in [4.69, 9.17) is 4.74 Å². The van der Waals surface area contributed by atoms with Crippen LogP contribution in [0.2, 0.25) is 0 Å². The zero-order valence-electron chi connectivity index (χ0n) is 15.2. The molecule has 2 N–H and O–H groups in total. The maximum absolute atomic E-state index is 13.7. The quantitative estimate of drug-likeness (QED) is 0.683. The van der Waals surface area contributed by atoms with Crippen molar-refractivity contribution in [1.29, 1.82) is 0 Å². The zero-order valence-corrected chi connectivity index (χ0v) is 15.2. The summed E-state index contributed by atoms with van der Waals surface area (Å²) in [6.07, 6.45) is 1.92. The Balaban J connectivity index is 1.89. The van der Waals surface area contributed by atoms with Crippen molar-refractivity contribution < 1.29 is 13.9 Å². The molecule has 1 heterocycles. The van der Waals surface area contributed by atoms with Crippen LogP contribution in [0.1, 0.15) is 37.9 Å². The summed E-state index contributed by atoms with van der Waals surface area (Å²) in [6.45, 7) is 5.43. The van der Waals surface area contributed by atoms with Crippen molar-refractivity contribution in [2.24, 2.45) is 0 Å². The van der Waals surface area contributed by atoms with E-state index in [1.54, 1.807) is 12.1 Å². The predicted molar refractivity (Wildman–Crippen MR) is 101 cm³/mol. The molecule has 4 nitrogen and oxygen atoms in total. The van der Waals surface area contributed by atoms with Gasteiger partial charge in [0.15, 0.2) is 0 Å². The zero-order chi connectivity index (χ0) is 18.7. The van der Waals surface area contributed by atoms with Crippen molar-refractivity contribution in [2.45, 2.75) is 38.8 Å². The number of aromatic amines is 1. The lowest BCUT2D eigenvalue weighted by molar-refractivity contribution is 0.0503. The molecule has 0 aliphatic rings. The lowest BCUT2D eigenvalue weighted by Crippen LogP contribution is -2.35. The average Bonchev–Trinajstić information content (AvgIpc) is 2.96. The summed E-state index contributed by atoms with van der Waals surface area (Å²) >= 11 is 0. The number of aromatic nitrogens is 1. The SMILES string of the molecule is CC(C)(C)OC(=O)N[C@H](Cc1c[nH]c2ccccc12)c1cccc(F)c1. The minimum atomic E-state index is -0.600. The number of hydrogen-bond donors (Lipinski definition) is 2. The normalized spacial score (nSPS) is 12.8. The molecule has 0 spiro atoms. The fraction of sp³-hybridized carbons (Fsp3) is 0.286. The fourth-order valence-corrected chi connectivity index (χ4v) is 2.95. The van der Waals surface area contributed by atoms with Gasteiger partial charge in [-0.3, -0.25) is 0 Å². The largest absolute Gasteiger partial charge is 0.444 e. The smallest absolute Gasteiger partial charge is 0.408 e. The minimum absolute atomic E-state index is 0.336. The van der Waals surface area contributed by atoms with Crippen molar-refractivity contribution in [3.8, 4) is 0 Å². The Hall–Kier alpha value is -2.82. The first-order chi connectivity index (χ1) is 12.3. The summed E-state index contributed by atoms with van der Waals surface area (Å²) in [5, 5.41) is 3.96. The minimum Gasteiger partial charge on any atom is -0.444 e. The van der Waals surface area contributed by atoms with Crippen LogP contribution < -0.4 is 5.32 Å². The topological polar surface area (TPSA) is 54.1 Å². The first-order valence-electron chi connectivity index (χ1n) is 8.62. The summed E-state index contributed by atoms with van der Waals surface area (Å²) in [6, 6.07) is 13.8. The third kappa shape index (κ3) is 4.42. The van der Waals surface area contributed by atoms with Crippen LogP contribution >= 0.6 is 0 Å². The summed E-state index contributed by atoms with van der Waals surface area (Å²) in [4.78, 5) is 15.5. The van der Waals surface area contributed by atoms with E-state index < -0.39 is 17.7 Å². The Morgan fingerprint density at radius 1 is 1.19 bits per heavy atom. The van der Waals surface area contributed by atoms with Crippen molar-refractivity contribution in [2.75, 3.05) is 0 Å². The number of halogens is 1. The maximum Gasteiger partial charge on any atom is 0.408 e. The number of nitrogens with one attached hydrogen (secondary N) is 2. The monoisotopic (exact) mass is 354 g/mol. The number of carbonyl (C=O) groups is 1. The Labute approximate surface area is 152 Å². The Morgan fingerprint density at radius 2 is 1.96 bits per heavy atom. The van der Waals surface area contributed by atoms with Gasteiger partial charge in [-0.2, -0.15) is 0 Å². The van der Waals surface area contributed by atoms with Crippen LogP contribution in [-0.4, -0.2) is 16.7 Å². The molecule has 26 heavy (non-hydrogen) atoms. The summed E-state index contributed by atoms with van der Waals surface area (Å²) in [5.41, 5.74) is 2.17. The number of ether oxygens (including phenoxy) is 1. The second-order valence-electron chi connectivity index (χ2n) is 7.32. The summed E-state index contributed by atoms with van der Waals surface area (Å²) < 4.78 is 19.1. The number of alkyl carbamates (subject to hydrolysis) is 1. The molecule has 3 rings (SSSR count). The molecule has 0 radical (unpaired) electrons. The highest BCUT2D eigenvalue weighted by Crippen LogP contribution is 2.25. The van der Waals surface area contributed by atoms with E-state index in [1.165, 1.54) is 12.1 Å². The molecule has 2 aromatic carbocycles. The van der Waals surface area contributed by atoms with Gasteiger partial charge in [0.25, 0.3) is 0 Å². The van der Waals surface area contributed by atoms with Gasteiger partial charge < -0.3 is 15.0 Å². The van der Waals surface area contributed by atoms with Gasteiger partial charge in [-0.25, -0.2) is 9.18 Å². The average molecular weight is 354 g/mol. The Bertz CT molecular complexity index is 912. The molecule has 0 unspecified atom stereocenters. The molecule has 3 aromatic rings. The molecular weight excluding hydrogens is 331 g/mol. The Kier molecular flexibility index (Phi) is 4.98. The third-order valence-corrected chi connectivity index (χ3v) is 4.04. The molecule has 1 aromatic heterocycles. The third-order valence-electron chi connectivity index (χ3n) is 4.04. The van der Waals surface area contributed by atoms with E-state index >= 15 is 0 Å².